The van der Waals surface area contributed by atoms with E-state index in [9.17, 15) is 8.42 Å². The molecular formula is C22H25N3O5S. The minimum atomic E-state index is -3.52. The zero-order valence-corrected chi connectivity index (χ0v) is 18.6. The van der Waals surface area contributed by atoms with Gasteiger partial charge in [-0.3, -0.25) is 0 Å². The summed E-state index contributed by atoms with van der Waals surface area (Å²) in [6, 6.07) is 13.0. The quantitative estimate of drug-likeness (QED) is 0.551. The van der Waals surface area contributed by atoms with E-state index >= 15 is 0 Å². The lowest BCUT2D eigenvalue weighted by molar-refractivity contribution is 0.251. The third-order valence-electron chi connectivity index (χ3n) is 5.52. The highest BCUT2D eigenvalue weighted by Crippen LogP contribution is 2.37. The van der Waals surface area contributed by atoms with Crippen molar-refractivity contribution >= 4 is 10.0 Å². The van der Waals surface area contributed by atoms with Gasteiger partial charge in [-0.2, -0.15) is 9.29 Å². The molecule has 1 atom stereocenters. The van der Waals surface area contributed by atoms with Crippen LogP contribution in [0.4, 0.5) is 0 Å². The average Bonchev–Trinajstić information content (AvgIpc) is 3.24. The molecule has 31 heavy (non-hydrogen) atoms. The van der Waals surface area contributed by atoms with E-state index in [1.165, 1.54) is 16.1 Å². The van der Waals surface area contributed by atoms with Gasteiger partial charge >= 0.3 is 0 Å². The lowest BCUT2D eigenvalue weighted by Gasteiger charge is -2.33. The number of nitrogens with zero attached hydrogens (tertiary/aromatic N) is 3. The molecule has 2 aromatic carbocycles. The van der Waals surface area contributed by atoms with Gasteiger partial charge < -0.3 is 14.0 Å². The third kappa shape index (κ3) is 4.42. The van der Waals surface area contributed by atoms with Crippen molar-refractivity contribution in [2.75, 3.05) is 20.5 Å². The first-order valence-electron chi connectivity index (χ1n) is 10.0. The van der Waals surface area contributed by atoms with Crippen LogP contribution in [0.1, 0.15) is 35.9 Å². The lowest BCUT2D eigenvalue weighted by atomic mass is 9.88. The molecule has 1 aliphatic rings. The van der Waals surface area contributed by atoms with Gasteiger partial charge in [-0.15, -0.1) is 0 Å². The van der Waals surface area contributed by atoms with Crippen LogP contribution < -0.4 is 9.47 Å². The first kappa shape index (κ1) is 21.3. The molecule has 0 N–H and O–H groups in total. The maximum absolute atomic E-state index is 12.7. The predicted molar refractivity (Wildman–Crippen MR) is 115 cm³/mol. The van der Waals surface area contributed by atoms with Crippen LogP contribution >= 0.6 is 0 Å². The van der Waals surface area contributed by atoms with Crippen LogP contribution in [0.15, 0.2) is 47.0 Å². The largest absolute Gasteiger partial charge is 0.497 e. The number of benzene rings is 2. The third-order valence-corrected chi connectivity index (χ3v) is 6.76. The Kier molecular flexibility index (Phi) is 5.97. The Morgan fingerprint density at radius 2 is 1.97 bits per heavy atom. The summed E-state index contributed by atoms with van der Waals surface area (Å²) in [5.74, 6) is 1.73. The van der Waals surface area contributed by atoms with Crippen LogP contribution in [0.2, 0.25) is 0 Å². The molecule has 0 aliphatic heterocycles. The van der Waals surface area contributed by atoms with Crippen molar-refractivity contribution in [1.82, 2.24) is 14.4 Å². The van der Waals surface area contributed by atoms with Gasteiger partial charge in [0.25, 0.3) is 0 Å². The molecule has 164 valence electrons. The fourth-order valence-corrected chi connectivity index (χ4v) is 5.06. The summed E-state index contributed by atoms with van der Waals surface area (Å²) in [6.07, 6.45) is 3.84. The Morgan fingerprint density at radius 3 is 2.71 bits per heavy atom. The standard InChI is InChI=1S/C22H25N3O5S/c1-28-16-11-12-18(20(13-16)29-2)22-23-21(30-24-22)14-25(31(3,26)27)19-10-6-8-15-7-4-5-9-17(15)19/h4-5,7,9,11-13,19H,6,8,10,14H2,1-3H3. The molecule has 0 saturated heterocycles. The molecule has 0 spiro atoms. The minimum Gasteiger partial charge on any atom is -0.497 e. The number of rotatable bonds is 7. The molecule has 1 unspecified atom stereocenters. The van der Waals surface area contributed by atoms with Crippen LogP contribution in [0.3, 0.4) is 0 Å². The van der Waals surface area contributed by atoms with Gasteiger partial charge in [0, 0.05) is 6.07 Å². The molecule has 9 heteroatoms. The molecule has 0 radical (unpaired) electrons. The number of aromatic nitrogens is 2. The van der Waals surface area contributed by atoms with Crippen molar-refractivity contribution in [3.8, 4) is 22.9 Å². The topological polar surface area (TPSA) is 94.8 Å². The summed E-state index contributed by atoms with van der Waals surface area (Å²) >= 11 is 0. The molecule has 8 nitrogen and oxygen atoms in total. The highest BCUT2D eigenvalue weighted by atomic mass is 32.2. The molecule has 1 aliphatic carbocycles. The highest BCUT2D eigenvalue weighted by molar-refractivity contribution is 7.88. The molecule has 0 bridgehead atoms. The Hall–Kier alpha value is -2.91. The van der Waals surface area contributed by atoms with Gasteiger partial charge in [-0.25, -0.2) is 8.42 Å². The van der Waals surface area contributed by atoms with Crippen molar-refractivity contribution in [2.45, 2.75) is 31.8 Å². The van der Waals surface area contributed by atoms with Crippen molar-refractivity contribution in [3.63, 3.8) is 0 Å². The van der Waals surface area contributed by atoms with E-state index < -0.39 is 10.0 Å². The maximum Gasteiger partial charge on any atom is 0.242 e. The van der Waals surface area contributed by atoms with Crippen LogP contribution in [-0.4, -0.2) is 43.3 Å². The maximum atomic E-state index is 12.7. The molecule has 0 amide bonds. The van der Waals surface area contributed by atoms with Crippen molar-refractivity contribution in [3.05, 3.63) is 59.5 Å². The summed E-state index contributed by atoms with van der Waals surface area (Å²) < 4.78 is 42.9. The van der Waals surface area contributed by atoms with E-state index in [0.717, 1.165) is 24.8 Å². The molecule has 1 aromatic heterocycles. The summed E-state index contributed by atoms with van der Waals surface area (Å²) in [4.78, 5) is 4.44. The van der Waals surface area contributed by atoms with E-state index in [0.29, 0.717) is 22.9 Å². The Labute approximate surface area is 181 Å². The number of aryl methyl sites for hydroxylation is 1. The summed E-state index contributed by atoms with van der Waals surface area (Å²) in [5.41, 5.74) is 2.85. The SMILES string of the molecule is COc1ccc(-c2noc(CN(C3CCCc4ccccc43)S(C)(=O)=O)n2)c(OC)c1. The molecule has 0 saturated carbocycles. The first-order valence-corrected chi connectivity index (χ1v) is 11.8. The number of methoxy groups -OCH3 is 2. The molecule has 1 heterocycles. The minimum absolute atomic E-state index is 0.00328. The Balaban J connectivity index is 1.65. The number of hydrogen-bond acceptors (Lipinski definition) is 7. The zero-order valence-electron chi connectivity index (χ0n) is 17.7. The van der Waals surface area contributed by atoms with Gasteiger partial charge in [-0.1, -0.05) is 29.4 Å². The Morgan fingerprint density at radius 1 is 1.16 bits per heavy atom. The fourth-order valence-electron chi connectivity index (χ4n) is 4.03. The van der Waals surface area contributed by atoms with E-state index in [1.807, 2.05) is 18.2 Å². The Bertz CT molecular complexity index is 1180. The van der Waals surface area contributed by atoms with E-state index in [4.69, 9.17) is 14.0 Å². The molecular weight excluding hydrogens is 418 g/mol. The molecule has 3 aromatic rings. The van der Waals surface area contributed by atoms with Crippen LogP contribution in [-0.2, 0) is 23.0 Å². The lowest BCUT2D eigenvalue weighted by Crippen LogP contribution is -2.35. The fraction of sp³-hybridized carbons (Fsp3) is 0.364. The smallest absolute Gasteiger partial charge is 0.242 e. The summed E-state index contributed by atoms with van der Waals surface area (Å²) in [5, 5.41) is 4.05. The van der Waals surface area contributed by atoms with Gasteiger partial charge in [0.2, 0.25) is 21.7 Å². The van der Waals surface area contributed by atoms with E-state index in [2.05, 4.69) is 16.2 Å². The number of hydrogen-bond donors (Lipinski definition) is 0. The number of sulfonamides is 1. The van der Waals surface area contributed by atoms with Gasteiger partial charge in [-0.05, 0) is 42.5 Å². The van der Waals surface area contributed by atoms with Gasteiger partial charge in [0.05, 0.1) is 38.6 Å². The van der Waals surface area contributed by atoms with Gasteiger partial charge in [0.1, 0.15) is 11.5 Å². The van der Waals surface area contributed by atoms with Crippen LogP contribution in [0, 0.1) is 0 Å². The first-order chi connectivity index (χ1) is 14.9. The van der Waals surface area contributed by atoms with E-state index in [1.54, 1.807) is 32.4 Å². The molecule has 0 fully saturated rings. The second-order valence-corrected chi connectivity index (χ2v) is 9.43. The second kappa shape index (κ2) is 8.68. The van der Waals surface area contributed by atoms with Crippen LogP contribution in [0.25, 0.3) is 11.4 Å². The monoisotopic (exact) mass is 443 g/mol. The molecule has 4 rings (SSSR count). The van der Waals surface area contributed by atoms with Crippen molar-refractivity contribution < 1.29 is 22.4 Å². The highest BCUT2D eigenvalue weighted by Gasteiger charge is 2.33. The van der Waals surface area contributed by atoms with Crippen molar-refractivity contribution in [1.29, 1.82) is 0 Å². The second-order valence-electron chi connectivity index (χ2n) is 7.49. The predicted octanol–water partition coefficient (Wildman–Crippen LogP) is 3.59. The average molecular weight is 444 g/mol. The summed E-state index contributed by atoms with van der Waals surface area (Å²) in [7, 11) is -0.398. The van der Waals surface area contributed by atoms with Gasteiger partial charge in [0.15, 0.2) is 0 Å². The normalized spacial score (nSPS) is 16.2. The van der Waals surface area contributed by atoms with E-state index in [-0.39, 0.29) is 18.5 Å². The number of fused-ring (bicyclic) bond motifs is 1. The number of ether oxygens (including phenoxy) is 2. The van der Waals surface area contributed by atoms with Crippen molar-refractivity contribution in [2.24, 2.45) is 0 Å². The zero-order chi connectivity index (χ0) is 22.0. The van der Waals surface area contributed by atoms with Crippen LogP contribution in [0.5, 0.6) is 11.5 Å². The summed E-state index contributed by atoms with van der Waals surface area (Å²) in [6.45, 7) is 0.00328.